The molecular formula is C23H21N3O2S. The predicted octanol–water partition coefficient (Wildman–Crippen LogP) is 4.21. The molecule has 5 rings (SSSR count). The zero-order valence-corrected chi connectivity index (χ0v) is 16.9. The Balaban J connectivity index is 1.70. The van der Waals surface area contributed by atoms with Gasteiger partial charge in [0, 0.05) is 35.5 Å². The van der Waals surface area contributed by atoms with Crippen molar-refractivity contribution in [2.45, 2.75) is 24.3 Å². The number of pyridine rings is 1. The maximum Gasteiger partial charge on any atom is 0.244 e. The smallest absolute Gasteiger partial charge is 0.244 e. The summed E-state index contributed by atoms with van der Waals surface area (Å²) in [6.45, 7) is 2.37. The molecule has 1 aliphatic rings. The van der Waals surface area contributed by atoms with Crippen molar-refractivity contribution in [3.63, 3.8) is 0 Å². The van der Waals surface area contributed by atoms with Gasteiger partial charge in [-0.1, -0.05) is 42.0 Å². The molecule has 0 aliphatic carbocycles. The summed E-state index contributed by atoms with van der Waals surface area (Å²) in [5, 5.41) is 1.16. The number of nitrogens with zero attached hydrogens (tertiary/aromatic N) is 2. The van der Waals surface area contributed by atoms with Gasteiger partial charge >= 0.3 is 0 Å². The van der Waals surface area contributed by atoms with Crippen LogP contribution >= 0.6 is 0 Å². The van der Waals surface area contributed by atoms with Crippen LogP contribution in [0, 0.1) is 6.92 Å². The summed E-state index contributed by atoms with van der Waals surface area (Å²) >= 11 is 0. The molecule has 146 valence electrons. The summed E-state index contributed by atoms with van der Waals surface area (Å²) < 4.78 is 28.8. The maximum absolute atomic E-state index is 13.6. The van der Waals surface area contributed by atoms with Gasteiger partial charge in [-0.3, -0.25) is 4.98 Å². The topological polar surface area (TPSA) is 66.1 Å². The number of aromatic amines is 1. The molecule has 29 heavy (non-hydrogen) atoms. The van der Waals surface area contributed by atoms with E-state index in [1.165, 1.54) is 5.56 Å². The fourth-order valence-corrected chi connectivity index (χ4v) is 5.78. The van der Waals surface area contributed by atoms with Crippen LogP contribution in [0.5, 0.6) is 0 Å². The fourth-order valence-electron chi connectivity index (χ4n) is 4.19. The summed E-state index contributed by atoms with van der Waals surface area (Å²) in [4.78, 5) is 8.06. The number of hydrogen-bond donors (Lipinski definition) is 1. The molecule has 1 N–H and O–H groups in total. The Hall–Kier alpha value is -2.96. The molecule has 6 heteroatoms. The molecule has 0 spiro atoms. The van der Waals surface area contributed by atoms with Gasteiger partial charge in [-0.05, 0) is 48.7 Å². The van der Waals surface area contributed by atoms with E-state index in [1.807, 2.05) is 49.4 Å². The first-order valence-electron chi connectivity index (χ1n) is 9.63. The Morgan fingerprint density at radius 3 is 2.59 bits per heavy atom. The van der Waals surface area contributed by atoms with Crippen LogP contribution in [-0.2, 0) is 16.4 Å². The van der Waals surface area contributed by atoms with E-state index in [1.54, 1.807) is 28.8 Å². The van der Waals surface area contributed by atoms with Gasteiger partial charge in [0.05, 0.1) is 10.9 Å². The first kappa shape index (κ1) is 18.1. The fraction of sp³-hybridized carbons (Fsp3) is 0.174. The Labute approximate surface area is 170 Å². The van der Waals surface area contributed by atoms with Gasteiger partial charge in [-0.25, -0.2) is 8.42 Å². The van der Waals surface area contributed by atoms with Gasteiger partial charge in [0.25, 0.3) is 0 Å². The summed E-state index contributed by atoms with van der Waals surface area (Å²) in [5.74, 6) is 0. The number of aromatic nitrogens is 2. The first-order valence-corrected chi connectivity index (χ1v) is 11.1. The van der Waals surface area contributed by atoms with E-state index in [-0.39, 0.29) is 0 Å². The SMILES string of the molecule is Cc1ccc(S(=O)(=O)N2CCc3c([nH]c4ccccc34)C2c2cccnc2)cc1. The van der Waals surface area contributed by atoms with E-state index >= 15 is 0 Å². The summed E-state index contributed by atoms with van der Waals surface area (Å²) in [7, 11) is -3.67. The lowest BCUT2D eigenvalue weighted by molar-refractivity contribution is 0.340. The van der Waals surface area contributed by atoms with Crippen LogP contribution in [0.2, 0.25) is 0 Å². The number of H-pyrrole nitrogens is 1. The second-order valence-electron chi connectivity index (χ2n) is 7.43. The summed E-state index contributed by atoms with van der Waals surface area (Å²) in [6, 6.07) is 18.5. The number of fused-ring (bicyclic) bond motifs is 3. The highest BCUT2D eigenvalue weighted by atomic mass is 32.2. The van der Waals surface area contributed by atoms with Crippen LogP contribution in [-0.4, -0.2) is 29.2 Å². The third kappa shape index (κ3) is 2.96. The number of para-hydroxylation sites is 1. The van der Waals surface area contributed by atoms with Crippen molar-refractivity contribution in [1.29, 1.82) is 0 Å². The van der Waals surface area contributed by atoms with Gasteiger partial charge in [0.1, 0.15) is 0 Å². The molecule has 3 heterocycles. The van der Waals surface area contributed by atoms with Crippen LogP contribution in [0.4, 0.5) is 0 Å². The molecule has 0 saturated heterocycles. The molecule has 0 bridgehead atoms. The molecule has 0 fully saturated rings. The molecule has 2 aromatic carbocycles. The Morgan fingerprint density at radius 1 is 1.03 bits per heavy atom. The van der Waals surface area contributed by atoms with Gasteiger partial charge in [0.15, 0.2) is 0 Å². The van der Waals surface area contributed by atoms with Crippen LogP contribution < -0.4 is 0 Å². The lowest BCUT2D eigenvalue weighted by Gasteiger charge is -2.35. The minimum atomic E-state index is -3.67. The van der Waals surface area contributed by atoms with E-state index in [9.17, 15) is 8.42 Å². The van der Waals surface area contributed by atoms with E-state index in [0.29, 0.717) is 17.9 Å². The molecule has 1 unspecified atom stereocenters. The molecule has 0 amide bonds. The summed E-state index contributed by atoms with van der Waals surface area (Å²) in [5.41, 5.74) is 5.03. The lowest BCUT2D eigenvalue weighted by atomic mass is 9.95. The third-order valence-corrected chi connectivity index (χ3v) is 7.50. The number of hydrogen-bond acceptors (Lipinski definition) is 3. The normalized spacial score (nSPS) is 17.3. The van der Waals surface area contributed by atoms with E-state index < -0.39 is 16.1 Å². The monoisotopic (exact) mass is 403 g/mol. The average molecular weight is 404 g/mol. The Kier molecular flexibility index (Phi) is 4.26. The highest BCUT2D eigenvalue weighted by Crippen LogP contribution is 2.40. The summed E-state index contributed by atoms with van der Waals surface area (Å²) in [6.07, 6.45) is 4.13. The van der Waals surface area contributed by atoms with Crippen LogP contribution in [0.3, 0.4) is 0 Å². The van der Waals surface area contributed by atoms with Crippen molar-refractivity contribution in [1.82, 2.24) is 14.3 Å². The second kappa shape index (κ2) is 6.83. The highest BCUT2D eigenvalue weighted by molar-refractivity contribution is 7.89. The number of nitrogens with one attached hydrogen (secondary N) is 1. The van der Waals surface area contributed by atoms with Gasteiger partial charge in [0.2, 0.25) is 10.0 Å². The zero-order chi connectivity index (χ0) is 20.0. The van der Waals surface area contributed by atoms with Crippen molar-refractivity contribution < 1.29 is 8.42 Å². The quantitative estimate of drug-likeness (QED) is 0.557. The van der Waals surface area contributed by atoms with Gasteiger partial charge < -0.3 is 4.98 Å². The van der Waals surface area contributed by atoms with E-state index in [4.69, 9.17) is 0 Å². The van der Waals surface area contributed by atoms with Crippen LogP contribution in [0.25, 0.3) is 10.9 Å². The minimum absolute atomic E-state index is 0.316. The number of sulfonamides is 1. The molecule has 1 aliphatic heterocycles. The molecule has 0 radical (unpaired) electrons. The predicted molar refractivity (Wildman–Crippen MR) is 113 cm³/mol. The Bertz CT molecular complexity index is 1280. The zero-order valence-electron chi connectivity index (χ0n) is 16.0. The standard InChI is InChI=1S/C23H21N3O2S/c1-16-8-10-18(11-9-16)29(27,28)26-14-12-20-19-6-2-3-7-21(19)25-22(20)23(26)17-5-4-13-24-15-17/h2-11,13,15,23,25H,12,14H2,1H3. The van der Waals surface area contributed by atoms with Crippen LogP contribution in [0.1, 0.15) is 28.4 Å². The maximum atomic E-state index is 13.6. The molecule has 4 aromatic rings. The van der Waals surface area contributed by atoms with Crippen molar-refractivity contribution in [3.8, 4) is 0 Å². The molecule has 0 saturated carbocycles. The minimum Gasteiger partial charge on any atom is -0.357 e. The average Bonchev–Trinajstić information content (AvgIpc) is 3.13. The van der Waals surface area contributed by atoms with E-state index in [0.717, 1.165) is 27.7 Å². The van der Waals surface area contributed by atoms with Crippen molar-refractivity contribution in [2.24, 2.45) is 0 Å². The van der Waals surface area contributed by atoms with E-state index in [2.05, 4.69) is 16.0 Å². The molecule has 2 aromatic heterocycles. The number of benzene rings is 2. The van der Waals surface area contributed by atoms with Crippen molar-refractivity contribution in [2.75, 3.05) is 6.54 Å². The van der Waals surface area contributed by atoms with Crippen molar-refractivity contribution >= 4 is 20.9 Å². The number of aryl methyl sites for hydroxylation is 1. The first-order chi connectivity index (χ1) is 14.1. The molecular weight excluding hydrogens is 382 g/mol. The number of rotatable bonds is 3. The molecule has 1 atom stereocenters. The van der Waals surface area contributed by atoms with Gasteiger partial charge in [-0.2, -0.15) is 4.31 Å². The third-order valence-electron chi connectivity index (χ3n) is 5.62. The molecule has 5 nitrogen and oxygen atoms in total. The largest absolute Gasteiger partial charge is 0.357 e. The van der Waals surface area contributed by atoms with Gasteiger partial charge in [-0.15, -0.1) is 0 Å². The van der Waals surface area contributed by atoms with Crippen molar-refractivity contribution in [3.05, 3.63) is 95.4 Å². The Morgan fingerprint density at radius 2 is 1.83 bits per heavy atom. The second-order valence-corrected chi connectivity index (χ2v) is 9.32. The highest BCUT2D eigenvalue weighted by Gasteiger charge is 2.39. The van der Waals surface area contributed by atoms with Crippen LogP contribution in [0.15, 0.2) is 78.0 Å². The lowest BCUT2D eigenvalue weighted by Crippen LogP contribution is -2.40.